The molecule has 0 bridgehead atoms. The zero-order valence-corrected chi connectivity index (χ0v) is 11.6. The summed E-state index contributed by atoms with van der Waals surface area (Å²) in [5.41, 5.74) is 0. The van der Waals surface area contributed by atoms with Crippen molar-refractivity contribution in [3.05, 3.63) is 17.9 Å². The monoisotopic (exact) mass is 332 g/mol. The van der Waals surface area contributed by atoms with E-state index in [9.17, 15) is 0 Å². The molecule has 0 unspecified atom stereocenters. The van der Waals surface area contributed by atoms with Crippen molar-refractivity contribution < 1.29 is 27.8 Å². The molecule has 3 heteroatoms. The first-order chi connectivity index (χ1) is 4.36. The van der Waals surface area contributed by atoms with Gasteiger partial charge < -0.3 is 0 Å². The number of rotatable bonds is 2. The molecule has 0 aromatic carbocycles. The van der Waals surface area contributed by atoms with Crippen molar-refractivity contribution >= 4 is 11.5 Å². The van der Waals surface area contributed by atoms with Gasteiger partial charge in [-0.1, -0.05) is 0 Å². The van der Waals surface area contributed by atoms with Crippen LogP contribution >= 0.6 is 8.25 Å². The number of furan rings is 1. The summed E-state index contributed by atoms with van der Waals surface area (Å²) in [6, 6.07) is 4.02. The fourth-order valence-electron chi connectivity index (χ4n) is 0.684. The minimum atomic E-state index is -1.23. The Morgan fingerprint density at radius 2 is 2.44 bits per heavy atom. The molecule has 0 N–H and O–H groups in total. The van der Waals surface area contributed by atoms with E-state index in [1.54, 1.807) is 0 Å². The van der Waals surface area contributed by atoms with Gasteiger partial charge in [0.05, 0.1) is 0 Å². The molecule has 0 fully saturated rings. The van der Waals surface area contributed by atoms with Crippen molar-refractivity contribution in [3.63, 3.8) is 0 Å². The Labute approximate surface area is 70.3 Å². The predicted molar refractivity (Wildman–Crippen MR) is 33.6 cm³/mol. The third-order valence-corrected chi connectivity index (χ3v) is 6.01. The van der Waals surface area contributed by atoms with Crippen molar-refractivity contribution in [2.45, 2.75) is 13.3 Å². The minimum absolute atomic E-state index is 0.977. The zero-order chi connectivity index (χ0) is 6.69. The Bertz CT molecular complexity index is 166. The Hall–Kier alpha value is 0.505. The van der Waals surface area contributed by atoms with Gasteiger partial charge in [-0.3, -0.25) is 0 Å². The Kier molecular flexibility index (Phi) is 3.06. The molecule has 0 radical (unpaired) electrons. The number of aryl methyl sites for hydroxylation is 1. The quantitative estimate of drug-likeness (QED) is 0.752. The zero-order valence-electron chi connectivity index (χ0n) is 5.36. The van der Waals surface area contributed by atoms with Crippen molar-refractivity contribution in [2.75, 3.05) is 0 Å². The molecule has 1 aromatic heterocycles. The molecular formula is C6H7ClHgO. The SMILES string of the molecule is CCc1cc[c]([Hg][Cl])o1. The number of hydrogen-bond acceptors (Lipinski definition) is 1. The van der Waals surface area contributed by atoms with Crippen LogP contribution in [0.25, 0.3) is 0 Å². The summed E-state index contributed by atoms with van der Waals surface area (Å²) in [4.78, 5) is 0. The average molecular weight is 331 g/mol. The molecule has 0 aliphatic heterocycles. The maximum atomic E-state index is 5.73. The van der Waals surface area contributed by atoms with E-state index in [1.165, 1.54) is 0 Å². The molecule has 0 atom stereocenters. The summed E-state index contributed by atoms with van der Waals surface area (Å²) in [6.07, 6.45) is 0.977. The van der Waals surface area contributed by atoms with Gasteiger partial charge >= 0.3 is 70.5 Å². The molecule has 1 rings (SSSR count). The molecule has 0 amide bonds. The van der Waals surface area contributed by atoms with E-state index in [0.29, 0.717) is 0 Å². The molecule has 1 aromatic rings. The van der Waals surface area contributed by atoms with Gasteiger partial charge in [0.1, 0.15) is 0 Å². The van der Waals surface area contributed by atoms with Crippen LogP contribution in [-0.2, 0) is 29.8 Å². The molecule has 0 saturated carbocycles. The summed E-state index contributed by atoms with van der Waals surface area (Å²) in [7, 11) is 5.73. The van der Waals surface area contributed by atoms with E-state index in [4.69, 9.17) is 12.7 Å². The Morgan fingerprint density at radius 1 is 1.67 bits per heavy atom. The van der Waals surface area contributed by atoms with Crippen LogP contribution in [0.2, 0.25) is 0 Å². The summed E-state index contributed by atoms with van der Waals surface area (Å²) >= 11 is -1.23. The van der Waals surface area contributed by atoms with Gasteiger partial charge in [-0.2, -0.15) is 0 Å². The second-order valence-electron chi connectivity index (χ2n) is 1.86. The van der Waals surface area contributed by atoms with E-state index in [1.807, 2.05) is 12.1 Å². The second-order valence-corrected chi connectivity index (χ2v) is 7.95. The predicted octanol–water partition coefficient (Wildman–Crippen LogP) is 1.70. The molecule has 1 heterocycles. The van der Waals surface area contributed by atoms with Crippen molar-refractivity contribution in [1.29, 1.82) is 0 Å². The number of halogens is 1. The fraction of sp³-hybridized carbons (Fsp3) is 0.333. The Balaban J connectivity index is 2.74. The molecular weight excluding hydrogens is 324 g/mol. The fourth-order valence-corrected chi connectivity index (χ4v) is 3.68. The topological polar surface area (TPSA) is 13.1 Å². The molecule has 0 aliphatic rings. The van der Waals surface area contributed by atoms with Crippen LogP contribution in [0.1, 0.15) is 12.7 Å². The summed E-state index contributed by atoms with van der Waals surface area (Å²) in [5.74, 6) is 1.06. The van der Waals surface area contributed by atoms with Crippen molar-refractivity contribution in [3.8, 4) is 0 Å². The van der Waals surface area contributed by atoms with Crippen LogP contribution in [0.15, 0.2) is 16.5 Å². The summed E-state index contributed by atoms with van der Waals surface area (Å²) < 4.78 is 6.43. The van der Waals surface area contributed by atoms with Crippen LogP contribution in [0, 0.1) is 0 Å². The first-order valence-corrected chi connectivity index (χ1v) is 12.5. The molecule has 46 valence electrons. The Morgan fingerprint density at radius 3 is 2.78 bits per heavy atom. The normalized spacial score (nSPS) is 9.11. The van der Waals surface area contributed by atoms with Gasteiger partial charge in [0, 0.05) is 0 Å². The third-order valence-electron chi connectivity index (χ3n) is 1.20. The molecule has 0 aliphatic carbocycles. The summed E-state index contributed by atoms with van der Waals surface area (Å²) in [6.45, 7) is 2.08. The molecule has 9 heavy (non-hydrogen) atoms. The first-order valence-electron chi connectivity index (χ1n) is 3.00. The van der Waals surface area contributed by atoms with E-state index < -0.39 is 23.3 Å². The number of hydrogen-bond donors (Lipinski definition) is 0. The van der Waals surface area contributed by atoms with Crippen LogP contribution in [0.3, 0.4) is 0 Å². The molecule has 0 spiro atoms. The molecule has 1 nitrogen and oxygen atoms in total. The van der Waals surface area contributed by atoms with E-state index in [-0.39, 0.29) is 0 Å². The van der Waals surface area contributed by atoms with Gasteiger partial charge in [-0.15, -0.1) is 0 Å². The summed E-state index contributed by atoms with van der Waals surface area (Å²) in [5, 5.41) is 0. The van der Waals surface area contributed by atoms with Crippen molar-refractivity contribution in [2.24, 2.45) is 0 Å². The second kappa shape index (κ2) is 3.62. The standard InChI is InChI=1S/C6H7O.ClH.Hg/c1-2-6-4-3-5-7-6;;/h3-4H,2H2,1H3;1H;/q;;+1/p-1. The van der Waals surface area contributed by atoms with Crippen LogP contribution < -0.4 is 3.27 Å². The van der Waals surface area contributed by atoms with E-state index in [2.05, 4.69) is 6.92 Å². The van der Waals surface area contributed by atoms with Gasteiger partial charge in [0.2, 0.25) is 0 Å². The first kappa shape index (κ1) is 7.61. The maximum absolute atomic E-state index is 5.73. The molecule has 0 saturated heterocycles. The van der Waals surface area contributed by atoms with Crippen LogP contribution in [0.4, 0.5) is 0 Å². The van der Waals surface area contributed by atoms with Crippen LogP contribution in [0.5, 0.6) is 0 Å². The third kappa shape index (κ3) is 1.97. The van der Waals surface area contributed by atoms with E-state index in [0.717, 1.165) is 15.5 Å². The van der Waals surface area contributed by atoms with Gasteiger partial charge in [0.15, 0.2) is 0 Å². The van der Waals surface area contributed by atoms with Crippen molar-refractivity contribution in [1.82, 2.24) is 0 Å². The average Bonchev–Trinajstić information content (AvgIpc) is 2.34. The van der Waals surface area contributed by atoms with Gasteiger partial charge in [-0.25, -0.2) is 0 Å². The van der Waals surface area contributed by atoms with Crippen LogP contribution in [-0.4, -0.2) is 0 Å². The van der Waals surface area contributed by atoms with E-state index >= 15 is 0 Å². The van der Waals surface area contributed by atoms with Gasteiger partial charge in [-0.05, 0) is 0 Å². The van der Waals surface area contributed by atoms with Gasteiger partial charge in [0.25, 0.3) is 0 Å².